The molecule has 5 nitrogen and oxygen atoms in total. The highest BCUT2D eigenvalue weighted by Crippen LogP contribution is 1.61. The lowest BCUT2D eigenvalue weighted by Crippen LogP contribution is -3.27. The molecular formula is C4H12N2O3. The van der Waals surface area contributed by atoms with Crippen molar-refractivity contribution in [2.24, 2.45) is 0 Å². The zero-order valence-corrected chi connectivity index (χ0v) is 5.55. The molecule has 0 saturated carbocycles. The quantitative estimate of drug-likeness (QED) is 0.297. The zero-order chi connectivity index (χ0) is 7.44. The molecule has 0 spiro atoms. The summed E-state index contributed by atoms with van der Waals surface area (Å²) in [5.41, 5.74) is 0. The second-order valence-corrected chi connectivity index (χ2v) is 2.19. The number of nitrogens with one attached hydrogen (secondary N) is 2. The van der Waals surface area contributed by atoms with E-state index >= 15 is 0 Å². The van der Waals surface area contributed by atoms with Gasteiger partial charge in [0.1, 0.15) is 0 Å². The summed E-state index contributed by atoms with van der Waals surface area (Å²) in [6.45, 7) is 3.02. The molecule has 9 heavy (non-hydrogen) atoms. The molecule has 2 unspecified atom stereocenters. The second kappa shape index (κ2) is 3.76. The monoisotopic (exact) mass is 136 g/mol. The Morgan fingerprint density at radius 3 is 2.00 bits per heavy atom. The van der Waals surface area contributed by atoms with Crippen molar-refractivity contribution in [2.75, 3.05) is 6.67 Å². The highest BCUT2D eigenvalue weighted by Gasteiger charge is 2.03. The molecule has 0 aromatic rings. The topological polar surface area (TPSA) is 75.2 Å². The molecule has 0 aromatic heterocycles. The van der Waals surface area contributed by atoms with Gasteiger partial charge in [0.05, 0.1) is 6.04 Å². The molecule has 0 amide bonds. The van der Waals surface area contributed by atoms with Gasteiger partial charge in [-0.2, -0.15) is 5.23 Å². The standard InChI is InChI=1S/C4H12N2O3/c1-4(2)5(7)3-6(8)9/h4-6,8H,3H2,1-2H3. The van der Waals surface area contributed by atoms with Crippen LogP contribution < -0.4 is 10.3 Å². The van der Waals surface area contributed by atoms with E-state index in [1.54, 1.807) is 13.8 Å². The van der Waals surface area contributed by atoms with Gasteiger partial charge in [-0.3, -0.25) is 0 Å². The van der Waals surface area contributed by atoms with Crippen molar-refractivity contribution in [3.05, 3.63) is 10.4 Å². The normalized spacial score (nSPS) is 18.0. The maximum Gasteiger partial charge on any atom is 0.233 e. The maximum atomic E-state index is 10.6. The van der Waals surface area contributed by atoms with Gasteiger partial charge in [-0.15, -0.1) is 0 Å². The predicted molar refractivity (Wildman–Crippen MR) is 30.4 cm³/mol. The number of rotatable bonds is 3. The summed E-state index contributed by atoms with van der Waals surface area (Å²) in [6, 6.07) is -0.166. The minimum absolute atomic E-state index is 0.166. The van der Waals surface area contributed by atoms with Crippen molar-refractivity contribution < 1.29 is 15.5 Å². The Morgan fingerprint density at radius 2 is 1.89 bits per heavy atom. The van der Waals surface area contributed by atoms with E-state index in [2.05, 4.69) is 0 Å². The first kappa shape index (κ1) is 8.80. The molecule has 0 heterocycles. The fourth-order valence-corrected chi connectivity index (χ4v) is 0.353. The Balaban J connectivity index is 3.38. The molecule has 0 aliphatic carbocycles. The molecule has 3 N–H and O–H groups in total. The summed E-state index contributed by atoms with van der Waals surface area (Å²) in [7, 11) is 0. The van der Waals surface area contributed by atoms with Gasteiger partial charge < -0.3 is 15.5 Å². The van der Waals surface area contributed by atoms with Crippen LogP contribution in [0.1, 0.15) is 13.8 Å². The van der Waals surface area contributed by atoms with Crippen molar-refractivity contribution in [3.8, 4) is 0 Å². The molecule has 2 atom stereocenters. The highest BCUT2D eigenvalue weighted by atomic mass is 16.8. The summed E-state index contributed by atoms with van der Waals surface area (Å²) in [6.07, 6.45) is 0. The fourth-order valence-electron chi connectivity index (χ4n) is 0.353. The molecule has 0 radical (unpaired) electrons. The van der Waals surface area contributed by atoms with E-state index in [-0.39, 0.29) is 17.8 Å². The summed E-state index contributed by atoms with van der Waals surface area (Å²) in [5.74, 6) is 0. The van der Waals surface area contributed by atoms with E-state index < -0.39 is 5.23 Å². The molecule has 0 bridgehead atoms. The van der Waals surface area contributed by atoms with Crippen LogP contribution in [0.3, 0.4) is 0 Å². The summed E-state index contributed by atoms with van der Waals surface area (Å²) in [4.78, 5) is 0. The minimum Gasteiger partial charge on any atom is -0.630 e. The second-order valence-electron chi connectivity index (χ2n) is 2.19. The van der Waals surface area contributed by atoms with Crippen molar-refractivity contribution in [2.45, 2.75) is 19.9 Å². The van der Waals surface area contributed by atoms with Crippen LogP contribution in [0, 0.1) is 10.4 Å². The lowest BCUT2D eigenvalue weighted by molar-refractivity contribution is -1.15. The SMILES string of the molecule is CC(C)[NH+]([O-])C[NH+]([O-])O. The van der Waals surface area contributed by atoms with Gasteiger partial charge in [0.25, 0.3) is 0 Å². The minimum atomic E-state index is -1.05. The highest BCUT2D eigenvalue weighted by molar-refractivity contribution is 4.29. The van der Waals surface area contributed by atoms with E-state index in [9.17, 15) is 10.4 Å². The Hall–Kier alpha value is -0.200. The number of hydrogen-bond donors (Lipinski definition) is 3. The summed E-state index contributed by atoms with van der Waals surface area (Å²) < 4.78 is 0. The van der Waals surface area contributed by atoms with Gasteiger partial charge in [0, 0.05) is 0 Å². The van der Waals surface area contributed by atoms with Crippen LogP contribution in [0.15, 0.2) is 0 Å². The van der Waals surface area contributed by atoms with Crippen molar-refractivity contribution >= 4 is 0 Å². The molecule has 0 aliphatic rings. The Kier molecular flexibility index (Phi) is 3.67. The van der Waals surface area contributed by atoms with Gasteiger partial charge in [0.2, 0.25) is 6.67 Å². The Labute approximate surface area is 53.6 Å². The number of quaternary nitrogens is 2. The molecular weight excluding hydrogens is 124 g/mol. The molecule has 0 rings (SSSR count). The fraction of sp³-hybridized carbons (Fsp3) is 1.00. The average molecular weight is 136 g/mol. The molecule has 5 heteroatoms. The van der Waals surface area contributed by atoms with Gasteiger partial charge >= 0.3 is 0 Å². The molecule has 56 valence electrons. The van der Waals surface area contributed by atoms with Crippen LogP contribution in [-0.2, 0) is 0 Å². The van der Waals surface area contributed by atoms with E-state index in [1.165, 1.54) is 0 Å². The lowest BCUT2D eigenvalue weighted by atomic mass is 10.4. The van der Waals surface area contributed by atoms with Crippen LogP contribution in [0.2, 0.25) is 0 Å². The van der Waals surface area contributed by atoms with E-state index in [1.807, 2.05) is 0 Å². The largest absolute Gasteiger partial charge is 0.630 e. The first-order valence-corrected chi connectivity index (χ1v) is 2.78. The molecule has 0 aromatic carbocycles. The Bertz CT molecular complexity index is 76.2. The van der Waals surface area contributed by atoms with E-state index in [4.69, 9.17) is 5.21 Å². The van der Waals surface area contributed by atoms with Gasteiger partial charge in [-0.25, -0.2) is 5.21 Å². The van der Waals surface area contributed by atoms with Crippen LogP contribution in [0.4, 0.5) is 0 Å². The Morgan fingerprint density at radius 1 is 1.44 bits per heavy atom. The van der Waals surface area contributed by atoms with Crippen molar-refractivity contribution in [3.63, 3.8) is 0 Å². The van der Waals surface area contributed by atoms with Crippen molar-refractivity contribution in [1.29, 1.82) is 0 Å². The third-order valence-electron chi connectivity index (χ3n) is 0.969. The van der Waals surface area contributed by atoms with Crippen LogP contribution in [0.25, 0.3) is 0 Å². The predicted octanol–water partition coefficient (Wildman–Crippen LogP) is -2.49. The molecule has 0 aliphatic heterocycles. The lowest BCUT2D eigenvalue weighted by Gasteiger charge is -2.27. The summed E-state index contributed by atoms with van der Waals surface area (Å²) >= 11 is 0. The molecule has 0 fully saturated rings. The average Bonchev–Trinajstić information content (AvgIpc) is 1.63. The first-order chi connectivity index (χ1) is 4.04. The van der Waals surface area contributed by atoms with Gasteiger partial charge in [-0.05, 0) is 13.8 Å². The van der Waals surface area contributed by atoms with Crippen molar-refractivity contribution in [1.82, 2.24) is 0 Å². The number of hydrogen-bond acceptors (Lipinski definition) is 3. The third kappa shape index (κ3) is 4.31. The smallest absolute Gasteiger partial charge is 0.233 e. The van der Waals surface area contributed by atoms with Gasteiger partial charge in [0.15, 0.2) is 0 Å². The maximum absolute atomic E-state index is 10.6. The van der Waals surface area contributed by atoms with Crippen LogP contribution >= 0.6 is 0 Å². The zero-order valence-electron chi connectivity index (χ0n) is 5.55. The van der Waals surface area contributed by atoms with E-state index in [0.29, 0.717) is 0 Å². The summed E-state index contributed by atoms with van der Waals surface area (Å²) in [5, 5.41) is 27.3. The van der Waals surface area contributed by atoms with E-state index in [0.717, 1.165) is 0 Å². The van der Waals surface area contributed by atoms with Crippen LogP contribution in [-0.4, -0.2) is 17.9 Å². The number of hydroxylamine groups is 4. The first-order valence-electron chi connectivity index (χ1n) is 2.78. The molecule has 0 saturated heterocycles. The van der Waals surface area contributed by atoms with Crippen LogP contribution in [0.5, 0.6) is 0 Å². The van der Waals surface area contributed by atoms with Gasteiger partial charge in [-0.1, -0.05) is 0 Å². The third-order valence-corrected chi connectivity index (χ3v) is 0.969.